The number of furan rings is 1. The number of carbonyl (C=O) groups is 2. The standard InChI is InChI=1S/C19H16N2O4/c1-24-16-8-6-15(7-9-16)21-19(23)20-14-4-2-13(3-5-14)18-11-10-17(12-22)25-18/h2-12H,1H3,(H2,20,21,23). The highest BCUT2D eigenvalue weighted by atomic mass is 16.5. The van der Waals surface area contributed by atoms with Gasteiger partial charge < -0.3 is 19.8 Å². The lowest BCUT2D eigenvalue weighted by Gasteiger charge is -2.08. The fourth-order valence-electron chi connectivity index (χ4n) is 2.26. The van der Waals surface area contributed by atoms with E-state index in [0.29, 0.717) is 23.4 Å². The molecular weight excluding hydrogens is 320 g/mol. The Labute approximate surface area is 144 Å². The van der Waals surface area contributed by atoms with Crippen molar-refractivity contribution in [3.05, 3.63) is 66.4 Å². The van der Waals surface area contributed by atoms with E-state index in [1.54, 1.807) is 67.8 Å². The minimum Gasteiger partial charge on any atom is -0.497 e. The van der Waals surface area contributed by atoms with Gasteiger partial charge in [0.05, 0.1) is 7.11 Å². The quantitative estimate of drug-likeness (QED) is 0.676. The maximum atomic E-state index is 12.0. The first kappa shape index (κ1) is 16.3. The van der Waals surface area contributed by atoms with Crippen molar-refractivity contribution in [3.8, 4) is 17.1 Å². The molecule has 25 heavy (non-hydrogen) atoms. The first-order valence-corrected chi connectivity index (χ1v) is 7.55. The summed E-state index contributed by atoms with van der Waals surface area (Å²) in [5, 5.41) is 5.48. The van der Waals surface area contributed by atoms with Crippen molar-refractivity contribution in [2.45, 2.75) is 0 Å². The van der Waals surface area contributed by atoms with Gasteiger partial charge in [-0.25, -0.2) is 4.79 Å². The number of ether oxygens (including phenoxy) is 1. The average Bonchev–Trinajstić information content (AvgIpc) is 3.12. The molecule has 0 bridgehead atoms. The van der Waals surface area contributed by atoms with E-state index < -0.39 is 0 Å². The molecule has 3 aromatic rings. The number of hydrogen-bond donors (Lipinski definition) is 2. The molecule has 2 N–H and O–H groups in total. The summed E-state index contributed by atoms with van der Waals surface area (Å²) >= 11 is 0. The van der Waals surface area contributed by atoms with Gasteiger partial charge in [-0.15, -0.1) is 0 Å². The molecule has 0 aliphatic heterocycles. The Balaban J connectivity index is 1.62. The highest BCUT2D eigenvalue weighted by Gasteiger charge is 2.06. The highest BCUT2D eigenvalue weighted by Crippen LogP contribution is 2.23. The largest absolute Gasteiger partial charge is 0.497 e. The van der Waals surface area contributed by atoms with Crippen LogP contribution in [0.25, 0.3) is 11.3 Å². The van der Waals surface area contributed by atoms with Crippen LogP contribution in [0.2, 0.25) is 0 Å². The van der Waals surface area contributed by atoms with E-state index in [-0.39, 0.29) is 11.8 Å². The molecule has 0 aliphatic carbocycles. The Kier molecular flexibility index (Phi) is 4.80. The van der Waals surface area contributed by atoms with Crippen LogP contribution in [-0.2, 0) is 0 Å². The molecule has 1 aromatic heterocycles. The summed E-state index contributed by atoms with van der Waals surface area (Å²) in [5.74, 6) is 1.59. The van der Waals surface area contributed by atoms with Crippen LogP contribution in [0.1, 0.15) is 10.6 Å². The Morgan fingerprint density at radius 2 is 1.52 bits per heavy atom. The van der Waals surface area contributed by atoms with E-state index in [1.165, 1.54) is 0 Å². The number of aldehydes is 1. The number of nitrogens with one attached hydrogen (secondary N) is 2. The molecule has 0 aliphatic rings. The van der Waals surface area contributed by atoms with Crippen LogP contribution in [0.4, 0.5) is 16.2 Å². The number of hydrogen-bond acceptors (Lipinski definition) is 4. The number of benzene rings is 2. The van der Waals surface area contributed by atoms with Crippen molar-refractivity contribution in [2.75, 3.05) is 17.7 Å². The van der Waals surface area contributed by atoms with Gasteiger partial charge in [0.25, 0.3) is 0 Å². The first-order chi connectivity index (χ1) is 12.2. The molecular formula is C19H16N2O4. The lowest BCUT2D eigenvalue weighted by molar-refractivity contribution is 0.110. The van der Waals surface area contributed by atoms with Gasteiger partial charge in [-0.05, 0) is 60.7 Å². The normalized spacial score (nSPS) is 10.1. The van der Waals surface area contributed by atoms with Crippen molar-refractivity contribution in [1.29, 1.82) is 0 Å². The summed E-state index contributed by atoms with van der Waals surface area (Å²) < 4.78 is 10.4. The molecule has 2 amide bonds. The summed E-state index contributed by atoms with van der Waals surface area (Å²) in [6.45, 7) is 0. The smallest absolute Gasteiger partial charge is 0.323 e. The van der Waals surface area contributed by atoms with E-state index in [1.807, 2.05) is 0 Å². The van der Waals surface area contributed by atoms with Crippen LogP contribution >= 0.6 is 0 Å². The second-order valence-corrected chi connectivity index (χ2v) is 5.20. The minimum absolute atomic E-state index is 0.274. The number of urea groups is 1. The first-order valence-electron chi connectivity index (χ1n) is 7.55. The Hall–Kier alpha value is -3.54. The summed E-state index contributed by atoms with van der Waals surface area (Å²) in [7, 11) is 1.58. The van der Waals surface area contributed by atoms with Gasteiger partial charge in [0, 0.05) is 16.9 Å². The molecule has 6 nitrogen and oxygen atoms in total. The number of carbonyl (C=O) groups excluding carboxylic acids is 2. The van der Waals surface area contributed by atoms with Gasteiger partial charge in [0.2, 0.25) is 0 Å². The second kappa shape index (κ2) is 7.35. The van der Waals surface area contributed by atoms with Crippen LogP contribution in [-0.4, -0.2) is 19.4 Å². The van der Waals surface area contributed by atoms with Crippen molar-refractivity contribution < 1.29 is 18.7 Å². The van der Waals surface area contributed by atoms with E-state index in [9.17, 15) is 9.59 Å². The molecule has 0 radical (unpaired) electrons. The van der Waals surface area contributed by atoms with Gasteiger partial charge in [-0.2, -0.15) is 0 Å². The van der Waals surface area contributed by atoms with Crippen LogP contribution < -0.4 is 15.4 Å². The minimum atomic E-state index is -0.348. The van der Waals surface area contributed by atoms with E-state index in [4.69, 9.17) is 9.15 Å². The summed E-state index contributed by atoms with van der Waals surface area (Å²) in [6, 6.07) is 17.1. The number of rotatable bonds is 5. The molecule has 0 unspecified atom stereocenters. The van der Waals surface area contributed by atoms with Gasteiger partial charge in [0.1, 0.15) is 11.5 Å². The zero-order valence-electron chi connectivity index (χ0n) is 13.5. The monoisotopic (exact) mass is 336 g/mol. The van der Waals surface area contributed by atoms with E-state index >= 15 is 0 Å². The second-order valence-electron chi connectivity index (χ2n) is 5.20. The van der Waals surface area contributed by atoms with Crippen molar-refractivity contribution in [3.63, 3.8) is 0 Å². The molecule has 0 atom stereocenters. The van der Waals surface area contributed by atoms with Gasteiger partial charge >= 0.3 is 6.03 Å². The van der Waals surface area contributed by atoms with Crippen LogP contribution in [0.15, 0.2) is 65.1 Å². The summed E-state index contributed by atoms with van der Waals surface area (Å²) in [4.78, 5) is 22.7. The molecule has 0 saturated carbocycles. The fourth-order valence-corrected chi connectivity index (χ4v) is 2.26. The van der Waals surface area contributed by atoms with Crippen LogP contribution in [0, 0.1) is 0 Å². The van der Waals surface area contributed by atoms with E-state index in [0.717, 1.165) is 11.3 Å². The van der Waals surface area contributed by atoms with Crippen molar-refractivity contribution >= 4 is 23.7 Å². The third-order valence-corrected chi connectivity index (χ3v) is 3.52. The number of methoxy groups -OCH3 is 1. The van der Waals surface area contributed by atoms with Gasteiger partial charge in [-0.1, -0.05) is 0 Å². The van der Waals surface area contributed by atoms with Crippen LogP contribution in [0.5, 0.6) is 5.75 Å². The third-order valence-electron chi connectivity index (χ3n) is 3.52. The Morgan fingerprint density at radius 1 is 0.920 bits per heavy atom. The lowest BCUT2D eigenvalue weighted by Crippen LogP contribution is -2.19. The highest BCUT2D eigenvalue weighted by molar-refractivity contribution is 5.99. The molecule has 126 valence electrons. The molecule has 0 saturated heterocycles. The zero-order chi connectivity index (χ0) is 17.6. The molecule has 0 fully saturated rings. The number of anilines is 2. The van der Waals surface area contributed by atoms with E-state index in [2.05, 4.69) is 10.6 Å². The maximum absolute atomic E-state index is 12.0. The zero-order valence-corrected chi connectivity index (χ0v) is 13.5. The topological polar surface area (TPSA) is 80.6 Å². The third kappa shape index (κ3) is 4.06. The summed E-state index contributed by atoms with van der Waals surface area (Å²) in [5.41, 5.74) is 2.11. The summed E-state index contributed by atoms with van der Waals surface area (Å²) in [6.07, 6.45) is 0.656. The van der Waals surface area contributed by atoms with Gasteiger partial charge in [0.15, 0.2) is 12.0 Å². The number of amides is 2. The SMILES string of the molecule is COc1ccc(NC(=O)Nc2ccc(-c3ccc(C=O)o3)cc2)cc1. The Bertz CT molecular complexity index is 867. The van der Waals surface area contributed by atoms with Gasteiger partial charge in [-0.3, -0.25) is 4.79 Å². The molecule has 1 heterocycles. The lowest BCUT2D eigenvalue weighted by atomic mass is 10.1. The predicted octanol–water partition coefficient (Wildman–Crippen LogP) is 4.41. The molecule has 3 rings (SSSR count). The predicted molar refractivity (Wildman–Crippen MR) is 95.2 cm³/mol. The van der Waals surface area contributed by atoms with Crippen molar-refractivity contribution in [2.24, 2.45) is 0 Å². The molecule has 0 spiro atoms. The molecule has 2 aromatic carbocycles. The molecule has 6 heteroatoms. The Morgan fingerprint density at radius 3 is 2.04 bits per heavy atom. The maximum Gasteiger partial charge on any atom is 0.323 e. The average molecular weight is 336 g/mol. The fraction of sp³-hybridized carbons (Fsp3) is 0.0526. The van der Waals surface area contributed by atoms with Crippen LogP contribution in [0.3, 0.4) is 0 Å². The van der Waals surface area contributed by atoms with Crippen molar-refractivity contribution in [1.82, 2.24) is 0 Å².